The molecule has 0 aliphatic heterocycles. The van der Waals surface area contributed by atoms with Crippen LogP contribution < -0.4 is 4.74 Å². The van der Waals surface area contributed by atoms with Gasteiger partial charge in [0.15, 0.2) is 0 Å². The van der Waals surface area contributed by atoms with Crippen molar-refractivity contribution in [3.8, 4) is 5.75 Å². The van der Waals surface area contributed by atoms with Gasteiger partial charge < -0.3 is 4.74 Å². The van der Waals surface area contributed by atoms with Crippen LogP contribution in [0.2, 0.25) is 4.34 Å². The van der Waals surface area contributed by atoms with E-state index in [-0.39, 0.29) is 0 Å². The van der Waals surface area contributed by atoms with Gasteiger partial charge in [0.25, 0.3) is 0 Å². The summed E-state index contributed by atoms with van der Waals surface area (Å²) < 4.78 is 10.8. The Kier molecular flexibility index (Phi) is 3.78. The summed E-state index contributed by atoms with van der Waals surface area (Å²) in [6.45, 7) is 2.35. The van der Waals surface area contributed by atoms with Gasteiger partial charge in [-0.1, -0.05) is 22.2 Å². The number of rotatable bonds is 3. The molecule has 0 atom stereocenters. The quantitative estimate of drug-likeness (QED) is 0.862. The third kappa shape index (κ3) is 2.72. The van der Waals surface area contributed by atoms with Crippen LogP contribution in [-0.2, 0) is 6.61 Å². The summed E-state index contributed by atoms with van der Waals surface area (Å²) in [7, 11) is 0. The molecule has 0 saturated carbocycles. The molecule has 1 aromatic heterocycles. The van der Waals surface area contributed by atoms with Gasteiger partial charge in [-0.15, -0.1) is 5.10 Å². The second kappa shape index (κ2) is 5.12. The second-order valence-corrected chi connectivity index (χ2v) is 5.43. The summed E-state index contributed by atoms with van der Waals surface area (Å²) in [5, 5.41) is 3.87. The molecule has 0 radical (unpaired) electrons. The van der Waals surface area contributed by atoms with Crippen molar-refractivity contribution in [2.45, 2.75) is 13.5 Å². The summed E-state index contributed by atoms with van der Waals surface area (Å²) in [5.74, 6) is 0.773. The van der Waals surface area contributed by atoms with E-state index in [1.54, 1.807) is 0 Å². The van der Waals surface area contributed by atoms with E-state index in [4.69, 9.17) is 16.3 Å². The van der Waals surface area contributed by atoms with E-state index < -0.39 is 0 Å². The van der Waals surface area contributed by atoms with Gasteiger partial charge in [-0.25, -0.2) is 0 Å². The SMILES string of the molecule is Cc1ccc(OCc2nnsc2Cl)c(Br)c1. The molecule has 0 fully saturated rings. The lowest BCUT2D eigenvalue weighted by Gasteiger charge is -2.07. The number of benzene rings is 1. The Bertz CT molecular complexity index is 503. The topological polar surface area (TPSA) is 35.0 Å². The van der Waals surface area contributed by atoms with Crippen molar-refractivity contribution in [1.29, 1.82) is 0 Å². The highest BCUT2D eigenvalue weighted by molar-refractivity contribution is 9.10. The Hall–Kier alpha value is -0.650. The molecule has 0 aliphatic rings. The fourth-order valence-corrected chi connectivity index (χ4v) is 2.36. The number of nitrogens with zero attached hydrogens (tertiary/aromatic N) is 2. The summed E-state index contributed by atoms with van der Waals surface area (Å²) in [6, 6.07) is 5.89. The van der Waals surface area contributed by atoms with Gasteiger partial charge in [0.05, 0.1) is 4.47 Å². The molecule has 0 saturated heterocycles. The maximum absolute atomic E-state index is 5.87. The summed E-state index contributed by atoms with van der Waals surface area (Å²) >= 11 is 10.5. The van der Waals surface area contributed by atoms with E-state index in [2.05, 4.69) is 25.5 Å². The third-order valence-electron chi connectivity index (χ3n) is 1.96. The Labute approximate surface area is 111 Å². The molecular weight excluding hydrogens is 312 g/mol. The zero-order chi connectivity index (χ0) is 11.5. The predicted molar refractivity (Wildman–Crippen MR) is 68.1 cm³/mol. The number of hydrogen-bond acceptors (Lipinski definition) is 4. The molecule has 0 spiro atoms. The molecule has 84 valence electrons. The van der Waals surface area contributed by atoms with Crippen molar-refractivity contribution < 1.29 is 4.74 Å². The van der Waals surface area contributed by atoms with E-state index in [1.807, 2.05) is 25.1 Å². The number of aryl methyl sites for hydroxylation is 1. The number of halogens is 2. The zero-order valence-corrected chi connectivity index (χ0v) is 11.6. The first-order chi connectivity index (χ1) is 7.66. The van der Waals surface area contributed by atoms with E-state index in [0.717, 1.165) is 21.8 Å². The van der Waals surface area contributed by atoms with Gasteiger partial charge >= 0.3 is 0 Å². The molecule has 1 aromatic carbocycles. The molecular formula is C10H8BrClN2OS. The number of aromatic nitrogens is 2. The first-order valence-electron chi connectivity index (χ1n) is 4.52. The van der Waals surface area contributed by atoms with Gasteiger partial charge in [-0.3, -0.25) is 0 Å². The van der Waals surface area contributed by atoms with Crippen LogP contribution in [-0.4, -0.2) is 9.59 Å². The normalized spacial score (nSPS) is 10.4. The van der Waals surface area contributed by atoms with Crippen molar-refractivity contribution in [3.63, 3.8) is 0 Å². The molecule has 0 bridgehead atoms. The summed E-state index contributed by atoms with van der Waals surface area (Å²) in [6.07, 6.45) is 0. The Morgan fingerprint density at radius 2 is 2.31 bits per heavy atom. The molecule has 6 heteroatoms. The molecule has 0 amide bonds. The third-order valence-corrected chi connectivity index (χ3v) is 3.57. The van der Waals surface area contributed by atoms with Gasteiger partial charge in [-0.2, -0.15) is 0 Å². The molecule has 1 heterocycles. The average molecular weight is 320 g/mol. The van der Waals surface area contributed by atoms with Crippen molar-refractivity contribution in [1.82, 2.24) is 9.59 Å². The molecule has 0 aliphatic carbocycles. The minimum atomic E-state index is 0.330. The summed E-state index contributed by atoms with van der Waals surface area (Å²) in [5.41, 5.74) is 1.84. The minimum absolute atomic E-state index is 0.330. The minimum Gasteiger partial charge on any atom is -0.486 e. The fraction of sp³-hybridized carbons (Fsp3) is 0.200. The predicted octanol–water partition coefficient (Wildman–Crippen LogP) is 3.84. The van der Waals surface area contributed by atoms with Crippen LogP contribution in [0.4, 0.5) is 0 Å². The largest absolute Gasteiger partial charge is 0.486 e. The highest BCUT2D eigenvalue weighted by Crippen LogP contribution is 2.27. The van der Waals surface area contributed by atoms with Gasteiger partial charge in [0.1, 0.15) is 22.4 Å². The smallest absolute Gasteiger partial charge is 0.141 e. The highest BCUT2D eigenvalue weighted by Gasteiger charge is 2.07. The molecule has 2 aromatic rings. The van der Waals surface area contributed by atoms with Crippen LogP contribution >= 0.6 is 39.1 Å². The Morgan fingerprint density at radius 3 is 2.94 bits per heavy atom. The van der Waals surface area contributed by atoms with Crippen LogP contribution in [0.3, 0.4) is 0 Å². The highest BCUT2D eigenvalue weighted by atomic mass is 79.9. The van der Waals surface area contributed by atoms with E-state index >= 15 is 0 Å². The molecule has 0 N–H and O–H groups in total. The lowest BCUT2D eigenvalue weighted by Crippen LogP contribution is -1.97. The van der Waals surface area contributed by atoms with Crippen LogP contribution in [0.1, 0.15) is 11.3 Å². The Balaban J connectivity index is 2.08. The molecule has 16 heavy (non-hydrogen) atoms. The van der Waals surface area contributed by atoms with E-state index in [0.29, 0.717) is 16.6 Å². The second-order valence-electron chi connectivity index (χ2n) is 3.22. The van der Waals surface area contributed by atoms with Crippen LogP contribution in [0.5, 0.6) is 5.75 Å². The average Bonchev–Trinajstić information content (AvgIpc) is 2.63. The van der Waals surface area contributed by atoms with Crippen LogP contribution in [0.15, 0.2) is 22.7 Å². The van der Waals surface area contributed by atoms with Crippen LogP contribution in [0.25, 0.3) is 0 Å². The maximum atomic E-state index is 5.87. The van der Waals surface area contributed by atoms with Crippen molar-refractivity contribution in [2.24, 2.45) is 0 Å². The fourth-order valence-electron chi connectivity index (χ4n) is 1.15. The first-order valence-corrected chi connectivity index (χ1v) is 6.47. The lowest BCUT2D eigenvalue weighted by atomic mass is 10.2. The van der Waals surface area contributed by atoms with Crippen molar-refractivity contribution in [2.75, 3.05) is 0 Å². The monoisotopic (exact) mass is 318 g/mol. The maximum Gasteiger partial charge on any atom is 0.141 e. The standard InChI is InChI=1S/C10H8BrClN2OS/c1-6-2-3-9(7(11)4-6)15-5-8-10(12)16-14-13-8/h2-4H,5H2,1H3. The molecule has 3 nitrogen and oxygen atoms in total. The van der Waals surface area contributed by atoms with E-state index in [9.17, 15) is 0 Å². The van der Waals surface area contributed by atoms with Crippen LogP contribution in [0, 0.1) is 6.92 Å². The number of ether oxygens (including phenoxy) is 1. The Morgan fingerprint density at radius 1 is 1.50 bits per heavy atom. The lowest BCUT2D eigenvalue weighted by molar-refractivity contribution is 0.299. The van der Waals surface area contributed by atoms with Gasteiger partial charge in [-0.05, 0) is 40.5 Å². The summed E-state index contributed by atoms with van der Waals surface area (Å²) in [4.78, 5) is 0. The molecule has 0 unspecified atom stereocenters. The van der Waals surface area contributed by atoms with Crippen molar-refractivity contribution in [3.05, 3.63) is 38.3 Å². The number of hydrogen-bond donors (Lipinski definition) is 0. The zero-order valence-electron chi connectivity index (χ0n) is 8.41. The first kappa shape index (κ1) is 11.8. The van der Waals surface area contributed by atoms with Crippen molar-refractivity contribution >= 4 is 39.1 Å². The molecule has 2 rings (SSSR count). The van der Waals surface area contributed by atoms with E-state index in [1.165, 1.54) is 5.56 Å². The van der Waals surface area contributed by atoms with Gasteiger partial charge in [0, 0.05) is 11.5 Å². The van der Waals surface area contributed by atoms with Gasteiger partial charge in [0.2, 0.25) is 0 Å².